The average molecular weight is 388 g/mol. The van der Waals surface area contributed by atoms with Gasteiger partial charge >= 0.3 is 5.97 Å². The van der Waals surface area contributed by atoms with Crippen molar-refractivity contribution in [2.45, 2.75) is 90.4 Å². The van der Waals surface area contributed by atoms with Gasteiger partial charge in [0.25, 0.3) is 0 Å². The Morgan fingerprint density at radius 3 is 2.14 bits per heavy atom. The van der Waals surface area contributed by atoms with E-state index in [1.165, 1.54) is 58.5 Å². The molecule has 0 heterocycles. The van der Waals surface area contributed by atoms with Crippen LogP contribution >= 0.6 is 0 Å². The fourth-order valence-corrected chi connectivity index (χ4v) is 3.42. The first-order valence-electron chi connectivity index (χ1n) is 11.3. The fraction of sp³-hybridized carbons (Fsp3) is 0.640. The maximum atomic E-state index is 11.8. The van der Waals surface area contributed by atoms with Gasteiger partial charge in [-0.1, -0.05) is 76.7 Å². The number of rotatable bonds is 16. The van der Waals surface area contributed by atoms with Crippen molar-refractivity contribution in [3.05, 3.63) is 42.0 Å². The van der Waals surface area contributed by atoms with Gasteiger partial charge < -0.3 is 10.1 Å². The Hall–Kier alpha value is -1.77. The van der Waals surface area contributed by atoms with Gasteiger partial charge in [0.1, 0.15) is 0 Å². The zero-order chi connectivity index (χ0) is 20.5. The molecule has 28 heavy (non-hydrogen) atoms. The van der Waals surface area contributed by atoms with Crippen LogP contribution in [0, 0.1) is 0 Å². The summed E-state index contributed by atoms with van der Waals surface area (Å²) in [6.45, 7) is 5.25. The molecule has 1 atom stereocenters. The first-order valence-corrected chi connectivity index (χ1v) is 11.3. The quantitative estimate of drug-likeness (QED) is 0.184. The molecule has 0 aliphatic rings. The third kappa shape index (κ3) is 10.5. The number of hydrogen-bond donors (Lipinski definition) is 1. The molecule has 0 fully saturated rings. The second kappa shape index (κ2) is 16.2. The number of hydrogen-bond acceptors (Lipinski definition) is 3. The molecule has 0 radical (unpaired) electrons. The van der Waals surface area contributed by atoms with Gasteiger partial charge in [0.05, 0.1) is 13.0 Å². The van der Waals surface area contributed by atoms with Gasteiger partial charge in [-0.3, -0.25) is 4.79 Å². The number of methoxy groups -OCH3 is 1. The molecule has 1 N–H and O–H groups in total. The lowest BCUT2D eigenvalue weighted by molar-refractivity contribution is -0.142. The minimum absolute atomic E-state index is 0.161. The molecule has 1 unspecified atom stereocenters. The summed E-state index contributed by atoms with van der Waals surface area (Å²) in [7, 11) is 1.45. The van der Waals surface area contributed by atoms with Gasteiger partial charge in [-0.15, -0.1) is 0 Å². The number of carbonyl (C=O) groups excluding carboxylic acids is 1. The molecule has 0 aromatic heterocycles. The Kier molecular flexibility index (Phi) is 14.0. The SMILES string of the molecule is CCCCCCCCCC=CCCCNc1ccc(C(CC)C(=O)OC)cc1. The van der Waals surface area contributed by atoms with E-state index >= 15 is 0 Å². The monoisotopic (exact) mass is 387 g/mol. The second-order valence-corrected chi connectivity index (χ2v) is 7.56. The molecule has 1 aromatic rings. The summed E-state index contributed by atoms with van der Waals surface area (Å²) in [6.07, 6.45) is 18.6. The Bertz CT molecular complexity index is 536. The third-order valence-corrected chi connectivity index (χ3v) is 5.22. The summed E-state index contributed by atoms with van der Waals surface area (Å²) in [5.41, 5.74) is 2.13. The maximum Gasteiger partial charge on any atom is 0.313 e. The molecule has 0 saturated carbocycles. The summed E-state index contributed by atoms with van der Waals surface area (Å²) in [4.78, 5) is 11.8. The fourth-order valence-electron chi connectivity index (χ4n) is 3.42. The summed E-state index contributed by atoms with van der Waals surface area (Å²) in [6, 6.07) is 8.15. The summed E-state index contributed by atoms with van der Waals surface area (Å²) >= 11 is 0. The zero-order valence-corrected chi connectivity index (χ0v) is 18.3. The van der Waals surface area contributed by atoms with Crippen molar-refractivity contribution >= 4 is 11.7 Å². The molecule has 0 bridgehead atoms. The topological polar surface area (TPSA) is 38.3 Å². The van der Waals surface area contributed by atoms with Gasteiger partial charge in [-0.2, -0.15) is 0 Å². The largest absolute Gasteiger partial charge is 0.469 e. The molecule has 1 rings (SSSR count). The number of allylic oxidation sites excluding steroid dienone is 2. The van der Waals surface area contributed by atoms with E-state index in [0.717, 1.165) is 37.1 Å². The lowest BCUT2D eigenvalue weighted by Crippen LogP contribution is -2.13. The van der Waals surface area contributed by atoms with Crippen LogP contribution in [0.1, 0.15) is 96.0 Å². The summed E-state index contributed by atoms with van der Waals surface area (Å²) < 4.78 is 4.88. The molecule has 3 nitrogen and oxygen atoms in total. The third-order valence-electron chi connectivity index (χ3n) is 5.22. The highest BCUT2D eigenvalue weighted by molar-refractivity contribution is 5.78. The number of esters is 1. The highest BCUT2D eigenvalue weighted by atomic mass is 16.5. The van der Waals surface area contributed by atoms with Crippen molar-refractivity contribution in [1.29, 1.82) is 0 Å². The average Bonchev–Trinajstić information content (AvgIpc) is 2.72. The normalized spacial score (nSPS) is 12.2. The molecule has 0 aliphatic heterocycles. The van der Waals surface area contributed by atoms with E-state index in [9.17, 15) is 4.79 Å². The van der Waals surface area contributed by atoms with Gasteiger partial charge in [-0.25, -0.2) is 0 Å². The van der Waals surface area contributed by atoms with Gasteiger partial charge in [0.2, 0.25) is 0 Å². The van der Waals surface area contributed by atoms with E-state index in [1.807, 2.05) is 19.1 Å². The molecule has 3 heteroatoms. The zero-order valence-electron chi connectivity index (χ0n) is 18.3. The molecule has 0 aliphatic carbocycles. The summed E-state index contributed by atoms with van der Waals surface area (Å²) in [5.74, 6) is -0.327. The van der Waals surface area contributed by atoms with Crippen LogP contribution in [0.15, 0.2) is 36.4 Å². The number of unbranched alkanes of at least 4 members (excludes halogenated alkanes) is 8. The van der Waals surface area contributed by atoms with E-state index in [0.29, 0.717) is 0 Å². The first kappa shape index (κ1) is 24.3. The number of ether oxygens (including phenoxy) is 1. The van der Waals surface area contributed by atoms with E-state index in [4.69, 9.17) is 4.74 Å². The van der Waals surface area contributed by atoms with Crippen molar-refractivity contribution in [1.82, 2.24) is 0 Å². The van der Waals surface area contributed by atoms with E-state index in [1.54, 1.807) is 0 Å². The molecular weight excluding hydrogens is 346 g/mol. The van der Waals surface area contributed by atoms with Crippen molar-refractivity contribution < 1.29 is 9.53 Å². The number of anilines is 1. The van der Waals surface area contributed by atoms with Crippen LogP contribution < -0.4 is 5.32 Å². The molecule has 1 aromatic carbocycles. The van der Waals surface area contributed by atoms with Crippen molar-refractivity contribution in [3.63, 3.8) is 0 Å². The van der Waals surface area contributed by atoms with Gasteiger partial charge in [-0.05, 0) is 49.8 Å². The predicted molar refractivity (Wildman–Crippen MR) is 121 cm³/mol. The van der Waals surface area contributed by atoms with Crippen LogP contribution in [0.2, 0.25) is 0 Å². The van der Waals surface area contributed by atoms with Crippen LogP contribution in [0.3, 0.4) is 0 Å². The maximum absolute atomic E-state index is 11.8. The minimum Gasteiger partial charge on any atom is -0.469 e. The molecular formula is C25H41NO2. The molecule has 0 spiro atoms. The first-order chi connectivity index (χ1) is 13.7. The molecule has 158 valence electrons. The molecule has 0 saturated heterocycles. The smallest absolute Gasteiger partial charge is 0.313 e. The van der Waals surface area contributed by atoms with E-state index in [-0.39, 0.29) is 11.9 Å². The van der Waals surface area contributed by atoms with Crippen molar-refractivity contribution in [2.75, 3.05) is 19.0 Å². The Labute approximate surface area is 173 Å². The number of nitrogens with one attached hydrogen (secondary N) is 1. The second-order valence-electron chi connectivity index (χ2n) is 7.56. The predicted octanol–water partition coefficient (Wildman–Crippen LogP) is 7.24. The Balaban J connectivity index is 2.10. The van der Waals surface area contributed by atoms with E-state index < -0.39 is 0 Å². The van der Waals surface area contributed by atoms with Gasteiger partial charge in [0, 0.05) is 12.2 Å². The Morgan fingerprint density at radius 1 is 0.929 bits per heavy atom. The van der Waals surface area contributed by atoms with Crippen molar-refractivity contribution in [3.8, 4) is 0 Å². The number of benzene rings is 1. The lowest BCUT2D eigenvalue weighted by Gasteiger charge is -2.13. The van der Waals surface area contributed by atoms with E-state index in [2.05, 4.69) is 36.5 Å². The standard InChI is InChI=1S/C25H41NO2/c1-4-6-7-8-9-10-11-12-13-14-15-16-21-26-23-19-17-22(18-20-23)24(5-2)25(27)28-3/h13-14,17-20,24,26H,4-12,15-16,21H2,1-3H3. The van der Waals surface area contributed by atoms with Gasteiger partial charge in [0.15, 0.2) is 0 Å². The number of carbonyl (C=O) groups is 1. The van der Waals surface area contributed by atoms with Crippen molar-refractivity contribution in [2.24, 2.45) is 0 Å². The highest BCUT2D eigenvalue weighted by Gasteiger charge is 2.18. The van der Waals surface area contributed by atoms with Crippen LogP contribution in [-0.4, -0.2) is 19.6 Å². The van der Waals surface area contributed by atoms with Crippen LogP contribution in [0.5, 0.6) is 0 Å². The van der Waals surface area contributed by atoms with Crippen LogP contribution in [-0.2, 0) is 9.53 Å². The summed E-state index contributed by atoms with van der Waals surface area (Å²) in [5, 5.41) is 3.46. The lowest BCUT2D eigenvalue weighted by atomic mass is 9.96. The highest BCUT2D eigenvalue weighted by Crippen LogP contribution is 2.22. The molecule has 0 amide bonds. The van der Waals surface area contributed by atoms with Crippen LogP contribution in [0.25, 0.3) is 0 Å². The Morgan fingerprint density at radius 2 is 1.54 bits per heavy atom. The van der Waals surface area contributed by atoms with Crippen LogP contribution in [0.4, 0.5) is 5.69 Å². The minimum atomic E-state index is -0.166.